The topological polar surface area (TPSA) is 94.1 Å². The average Bonchev–Trinajstić information content (AvgIpc) is 3.39. The molecule has 2 N–H and O–H groups in total. The van der Waals surface area contributed by atoms with Crippen LogP contribution in [0.4, 0.5) is 15.8 Å². The second-order valence-electron chi connectivity index (χ2n) is 7.98. The number of nitrogens with zero attached hydrogens (tertiary/aromatic N) is 3. The molecule has 2 aromatic rings. The van der Waals surface area contributed by atoms with Gasteiger partial charge in [-0.25, -0.2) is 4.39 Å². The van der Waals surface area contributed by atoms with Gasteiger partial charge >= 0.3 is 0 Å². The quantitative estimate of drug-likeness (QED) is 0.602. The maximum Gasteiger partial charge on any atom is 0.276 e. The van der Waals surface area contributed by atoms with E-state index in [0.717, 1.165) is 37.7 Å². The van der Waals surface area contributed by atoms with E-state index in [2.05, 4.69) is 15.8 Å². The predicted molar refractivity (Wildman–Crippen MR) is 131 cm³/mol. The summed E-state index contributed by atoms with van der Waals surface area (Å²) in [6, 6.07) is 15.0. The fourth-order valence-corrected chi connectivity index (χ4v) is 4.73. The second kappa shape index (κ2) is 11.1. The van der Waals surface area contributed by atoms with E-state index in [1.807, 2.05) is 23.1 Å². The number of anilines is 2. The third-order valence-corrected chi connectivity index (χ3v) is 6.66. The van der Waals surface area contributed by atoms with Crippen LogP contribution in [-0.2, 0) is 14.4 Å². The van der Waals surface area contributed by atoms with Crippen molar-refractivity contribution in [2.45, 2.75) is 31.2 Å². The van der Waals surface area contributed by atoms with Crippen LogP contribution >= 0.6 is 11.8 Å². The Kier molecular flexibility index (Phi) is 7.79. The van der Waals surface area contributed by atoms with E-state index in [1.54, 1.807) is 24.3 Å². The molecule has 1 atom stereocenters. The van der Waals surface area contributed by atoms with E-state index in [0.29, 0.717) is 5.69 Å². The lowest BCUT2D eigenvalue weighted by Crippen LogP contribution is -2.53. The fraction of sp³-hybridized carbons (Fsp3) is 0.333. The van der Waals surface area contributed by atoms with E-state index in [-0.39, 0.29) is 41.8 Å². The van der Waals surface area contributed by atoms with Gasteiger partial charge in [0.2, 0.25) is 11.8 Å². The summed E-state index contributed by atoms with van der Waals surface area (Å²) in [6.07, 6.45) is 2.48. The van der Waals surface area contributed by atoms with Crippen LogP contribution in [0.3, 0.4) is 0 Å². The highest BCUT2D eigenvalue weighted by Crippen LogP contribution is 2.26. The molecular weight excluding hydrogens is 457 g/mol. The molecule has 34 heavy (non-hydrogen) atoms. The zero-order valence-electron chi connectivity index (χ0n) is 18.6. The summed E-state index contributed by atoms with van der Waals surface area (Å²) in [7, 11) is 0. The normalized spacial score (nSPS) is 17.9. The molecule has 2 aromatic carbocycles. The van der Waals surface area contributed by atoms with Crippen LogP contribution in [0, 0.1) is 5.82 Å². The van der Waals surface area contributed by atoms with Gasteiger partial charge < -0.3 is 10.2 Å². The van der Waals surface area contributed by atoms with Gasteiger partial charge in [0.15, 0.2) is 5.50 Å². The van der Waals surface area contributed by atoms with Crippen molar-refractivity contribution in [3.63, 3.8) is 0 Å². The predicted octanol–water partition coefficient (Wildman–Crippen LogP) is 3.18. The number of likely N-dealkylation sites (tertiary alicyclic amines) is 1. The van der Waals surface area contributed by atoms with Crippen molar-refractivity contribution >= 4 is 46.6 Å². The Bertz CT molecular complexity index is 1080. The van der Waals surface area contributed by atoms with Crippen molar-refractivity contribution in [3.05, 3.63) is 60.4 Å². The molecule has 0 saturated carbocycles. The van der Waals surface area contributed by atoms with Crippen LogP contribution in [0.2, 0.25) is 0 Å². The Hall–Kier alpha value is -3.40. The number of hydrogen-bond donors (Lipinski definition) is 2. The summed E-state index contributed by atoms with van der Waals surface area (Å²) in [5.74, 6) is -1.23. The van der Waals surface area contributed by atoms with Crippen molar-refractivity contribution in [2.24, 2.45) is 5.10 Å². The minimum Gasteiger partial charge on any atom is -0.343 e. The largest absolute Gasteiger partial charge is 0.343 e. The smallest absolute Gasteiger partial charge is 0.276 e. The molecule has 1 fully saturated rings. The van der Waals surface area contributed by atoms with Crippen LogP contribution in [-0.4, -0.2) is 52.7 Å². The summed E-state index contributed by atoms with van der Waals surface area (Å²) in [4.78, 5) is 41.5. The molecule has 3 amide bonds. The van der Waals surface area contributed by atoms with Gasteiger partial charge in [-0.3, -0.25) is 24.7 Å². The maximum absolute atomic E-state index is 13.8. The number of hydrazone groups is 1. The van der Waals surface area contributed by atoms with E-state index >= 15 is 0 Å². The molecule has 0 spiro atoms. The number of para-hydroxylation sites is 2. The number of rotatable bonds is 8. The first kappa shape index (κ1) is 23.7. The molecule has 0 aliphatic carbocycles. The molecular formula is C24H26FN5O3S. The molecule has 0 bridgehead atoms. The Balaban J connectivity index is 1.42. The van der Waals surface area contributed by atoms with E-state index in [9.17, 15) is 18.8 Å². The first-order valence-corrected chi connectivity index (χ1v) is 12.2. The van der Waals surface area contributed by atoms with Crippen molar-refractivity contribution in [1.82, 2.24) is 10.3 Å². The molecule has 2 heterocycles. The Labute approximate surface area is 201 Å². The molecule has 10 heteroatoms. The van der Waals surface area contributed by atoms with Gasteiger partial charge in [-0.05, 0) is 37.1 Å². The number of carbonyl (C=O) groups excluding carboxylic acids is 3. The van der Waals surface area contributed by atoms with E-state index < -0.39 is 17.2 Å². The number of nitrogens with one attached hydrogen (secondary N) is 2. The molecule has 2 aliphatic heterocycles. The van der Waals surface area contributed by atoms with Crippen LogP contribution in [0.5, 0.6) is 0 Å². The molecule has 2 aliphatic rings. The molecule has 8 nitrogen and oxygen atoms in total. The highest BCUT2D eigenvalue weighted by atomic mass is 32.2. The molecule has 0 radical (unpaired) electrons. The molecule has 1 unspecified atom stereocenters. The lowest BCUT2D eigenvalue weighted by Gasteiger charge is -2.34. The number of thioether (sulfide) groups is 1. The Morgan fingerprint density at radius 2 is 1.79 bits per heavy atom. The zero-order chi connectivity index (χ0) is 23.9. The third-order valence-electron chi connectivity index (χ3n) is 5.60. The number of benzene rings is 2. The monoisotopic (exact) mass is 483 g/mol. The summed E-state index contributed by atoms with van der Waals surface area (Å²) >= 11 is 1.16. The standard InChI is InChI=1S/C24H26FN5O3S/c25-18-10-4-5-11-19(18)26-21(31)16-34-24-28-27-20(12-13-22(32)29-14-6-7-15-29)23(33)30(24)17-8-2-1-3-9-17/h1-5,8-11,24,28H,6-7,12-16H2,(H,26,31). The fourth-order valence-electron chi connectivity index (χ4n) is 3.85. The Morgan fingerprint density at radius 1 is 1.09 bits per heavy atom. The summed E-state index contributed by atoms with van der Waals surface area (Å²) < 4.78 is 13.8. The second-order valence-corrected chi connectivity index (χ2v) is 9.05. The van der Waals surface area contributed by atoms with Gasteiger partial charge in [0, 0.05) is 31.6 Å². The number of amides is 3. The van der Waals surface area contributed by atoms with Crippen LogP contribution < -0.4 is 15.6 Å². The zero-order valence-corrected chi connectivity index (χ0v) is 19.4. The van der Waals surface area contributed by atoms with Gasteiger partial charge in [-0.2, -0.15) is 5.10 Å². The summed E-state index contributed by atoms with van der Waals surface area (Å²) in [5, 5.41) is 6.77. The number of hydrogen-bond acceptors (Lipinski definition) is 6. The minimum atomic E-state index is -0.640. The van der Waals surface area contributed by atoms with Crippen molar-refractivity contribution in [2.75, 3.05) is 29.1 Å². The van der Waals surface area contributed by atoms with Gasteiger partial charge in [0.05, 0.1) is 11.4 Å². The molecule has 0 aromatic heterocycles. The van der Waals surface area contributed by atoms with Gasteiger partial charge in [-0.1, -0.05) is 30.3 Å². The first-order valence-electron chi connectivity index (χ1n) is 11.2. The van der Waals surface area contributed by atoms with Crippen molar-refractivity contribution in [1.29, 1.82) is 0 Å². The SMILES string of the molecule is O=C(CSC1NN=C(CCC(=O)N2CCCC2)C(=O)N1c1ccccc1)Nc1ccccc1F. The lowest BCUT2D eigenvalue weighted by atomic mass is 10.1. The highest BCUT2D eigenvalue weighted by Gasteiger charge is 2.33. The van der Waals surface area contributed by atoms with Gasteiger partial charge in [0.25, 0.3) is 5.91 Å². The minimum absolute atomic E-state index is 0.0269. The number of halogens is 1. The van der Waals surface area contributed by atoms with Crippen molar-refractivity contribution in [3.8, 4) is 0 Å². The number of carbonyl (C=O) groups is 3. The summed E-state index contributed by atoms with van der Waals surface area (Å²) in [6.45, 7) is 1.53. The third kappa shape index (κ3) is 5.74. The maximum atomic E-state index is 13.8. The highest BCUT2D eigenvalue weighted by molar-refractivity contribution is 8.00. The van der Waals surface area contributed by atoms with Crippen LogP contribution in [0.25, 0.3) is 0 Å². The molecule has 4 rings (SSSR count). The van der Waals surface area contributed by atoms with E-state index in [1.165, 1.54) is 17.0 Å². The Morgan fingerprint density at radius 3 is 2.53 bits per heavy atom. The summed E-state index contributed by atoms with van der Waals surface area (Å²) in [5.41, 5.74) is 3.32. The van der Waals surface area contributed by atoms with Crippen molar-refractivity contribution < 1.29 is 18.8 Å². The van der Waals surface area contributed by atoms with Gasteiger partial charge in [0.1, 0.15) is 11.5 Å². The van der Waals surface area contributed by atoms with E-state index in [4.69, 9.17) is 0 Å². The van der Waals surface area contributed by atoms with Crippen LogP contribution in [0.15, 0.2) is 59.7 Å². The molecule has 1 saturated heterocycles. The lowest BCUT2D eigenvalue weighted by molar-refractivity contribution is -0.130. The van der Waals surface area contributed by atoms with Gasteiger partial charge in [-0.15, -0.1) is 11.8 Å². The molecule has 178 valence electrons. The van der Waals surface area contributed by atoms with Crippen LogP contribution in [0.1, 0.15) is 25.7 Å². The average molecular weight is 484 g/mol. The first-order chi connectivity index (χ1) is 16.5.